The minimum absolute atomic E-state index is 0.0490. The maximum absolute atomic E-state index is 13.8. The molecule has 28 nitrogen and oxygen atoms in total. The molecule has 0 aliphatic carbocycles. The van der Waals surface area contributed by atoms with E-state index in [1.165, 1.54) is 18.2 Å². The van der Waals surface area contributed by atoms with E-state index < -0.39 is 5.97 Å². The lowest BCUT2D eigenvalue weighted by Crippen LogP contribution is -2.47. The van der Waals surface area contributed by atoms with Gasteiger partial charge in [-0.2, -0.15) is 0 Å². The van der Waals surface area contributed by atoms with Gasteiger partial charge in [0.05, 0.1) is 99.9 Å². The molecule has 742 valence electrons. The van der Waals surface area contributed by atoms with E-state index in [-0.39, 0.29) is 52.0 Å². The summed E-state index contributed by atoms with van der Waals surface area (Å²) < 4.78 is 15.3. The third-order valence-corrected chi connectivity index (χ3v) is 27.9. The van der Waals surface area contributed by atoms with Gasteiger partial charge >= 0.3 is 5.97 Å². The molecule has 9 aromatic carbocycles. The Balaban J connectivity index is 0.000000139. The van der Waals surface area contributed by atoms with Crippen LogP contribution >= 0.6 is 78.3 Å². The van der Waals surface area contributed by atoms with Crippen molar-refractivity contribution in [3.63, 3.8) is 0 Å². The number of carbonyl (C=O) groups excluding carboxylic acids is 6. The number of aromatic carboxylic acids is 1. The molecule has 0 bridgehead atoms. The van der Waals surface area contributed by atoms with Crippen LogP contribution in [0.4, 0.5) is 17.1 Å². The maximum Gasteiger partial charge on any atom is 0.336 e. The van der Waals surface area contributed by atoms with Crippen molar-refractivity contribution in [1.82, 2.24) is 69.4 Å². The van der Waals surface area contributed by atoms with Crippen molar-refractivity contribution < 1.29 is 52.9 Å². The highest BCUT2D eigenvalue weighted by molar-refractivity contribution is 9.09. The standard InChI is InChI=1S/C27H30ClN5O3.C25H28N4O.C20H18N2O2.C18H22N4O.C9H9BrClNO2.C7H8ClNO.C2H2BrClO/c1-31-11-13-33(14-12-31)27(35)26-19-5-3-4-6-21(19)29-22-9-10-32(16-20(22)26)17-25(34)30-23-15-18(28)7-8-24(23)36-2;1-27-13-15-29(16-14-27)25(30)24-20-9-5-6-10-22(20)26-23-11-12-28(18-21(23)24)17-19-7-3-2-4-8-19;23-20(24)19-15-8-4-5-9-17(15)21-18-10-11-22(13-16(18)19)12-14-6-2-1-3-7-14;1-21-8-10-22(11-9-21)18(23)17-13-4-2-3-5-15(13)20-16-6-7-19-12-14(16)17;1-14-8-3-2-6(11)4-7(8)12-9(13)5-10;1-10-7-3-2-5(8)4-6(7)9;3-1-2(4)5/h3-8,15H,9-14,16-17H2,1-2H3,(H,30,34);2-10H,11-18H2,1H3;1-9H,10-13H2,(H,23,24);2-5,19H,6-12H2,1H3;2-4H,5H2,1H3,(H,12,13);2-4H,9H2,1H3;1H2. The van der Waals surface area contributed by atoms with E-state index in [9.17, 15) is 38.7 Å². The molecule has 6 N–H and O–H groups in total. The molecule has 3 saturated heterocycles. The van der Waals surface area contributed by atoms with Gasteiger partial charge < -0.3 is 70.4 Å². The number of ether oxygens (including phenoxy) is 3. The number of carboxylic acid groups (broad SMARTS) is 1. The second-order valence-corrected chi connectivity index (χ2v) is 38.2. The number of anilines is 3. The van der Waals surface area contributed by atoms with E-state index in [1.54, 1.807) is 68.8 Å². The Labute approximate surface area is 864 Å². The number of pyridine rings is 4. The monoisotopic (exact) mass is 2130 g/mol. The average molecular weight is 2130 g/mol. The highest BCUT2D eigenvalue weighted by Crippen LogP contribution is 2.37. The number of nitrogen functional groups attached to an aromatic ring is 1. The summed E-state index contributed by atoms with van der Waals surface area (Å²) in [7, 11) is 11.0. The Morgan fingerprint density at radius 1 is 0.394 bits per heavy atom. The van der Waals surface area contributed by atoms with Crippen LogP contribution in [-0.2, 0) is 79.3 Å². The number of para-hydroxylation sites is 4. The largest absolute Gasteiger partial charge is 0.495 e. The van der Waals surface area contributed by atoms with Gasteiger partial charge in [0.25, 0.3) is 17.7 Å². The van der Waals surface area contributed by atoms with Gasteiger partial charge in [0.2, 0.25) is 17.1 Å². The number of alkyl halides is 2. The molecule has 0 radical (unpaired) electrons. The fourth-order valence-electron chi connectivity index (χ4n) is 18.3. The topological polar surface area (TPSA) is 310 Å². The smallest absolute Gasteiger partial charge is 0.336 e. The molecule has 13 aromatic rings. The molecule has 34 heteroatoms. The summed E-state index contributed by atoms with van der Waals surface area (Å²) in [6.45, 7) is 18.0. The highest BCUT2D eigenvalue weighted by Gasteiger charge is 2.35. The number of nitrogens with two attached hydrogens (primary N) is 1. The van der Waals surface area contributed by atoms with E-state index in [2.05, 4.69) is 147 Å². The summed E-state index contributed by atoms with van der Waals surface area (Å²) in [6, 6.07) is 67.6. The first-order valence-corrected chi connectivity index (χ1v) is 50.9. The zero-order valence-corrected chi connectivity index (χ0v) is 86.6. The summed E-state index contributed by atoms with van der Waals surface area (Å²) in [5.41, 5.74) is 24.2. The molecule has 0 saturated carbocycles. The van der Waals surface area contributed by atoms with Gasteiger partial charge in [0.1, 0.15) is 17.2 Å². The van der Waals surface area contributed by atoms with E-state index in [1.807, 2.05) is 124 Å². The fraction of sp³-hybridized carbons (Fsp3) is 0.324. The van der Waals surface area contributed by atoms with Gasteiger partial charge in [-0.3, -0.25) is 63.4 Å². The van der Waals surface area contributed by atoms with Gasteiger partial charge in [-0.15, -0.1) is 0 Å². The van der Waals surface area contributed by atoms with E-state index in [0.717, 1.165) is 236 Å². The predicted molar refractivity (Wildman–Crippen MR) is 571 cm³/mol. The molecule has 3 fully saturated rings. The van der Waals surface area contributed by atoms with E-state index in [0.29, 0.717) is 94.1 Å². The maximum atomic E-state index is 13.8. The number of rotatable bonds is 17. The van der Waals surface area contributed by atoms with Crippen molar-refractivity contribution in [2.75, 3.05) is 181 Å². The number of fused-ring (bicyclic) bond motifs is 8. The third kappa shape index (κ3) is 27.8. The number of halogens is 6. The van der Waals surface area contributed by atoms with Crippen LogP contribution in [-0.4, -0.2) is 274 Å². The van der Waals surface area contributed by atoms with Crippen LogP contribution in [0.15, 0.2) is 212 Å². The van der Waals surface area contributed by atoms with Crippen molar-refractivity contribution in [3.8, 4) is 17.2 Å². The van der Waals surface area contributed by atoms with Crippen LogP contribution in [0, 0.1) is 0 Å². The Morgan fingerprint density at radius 3 is 1.08 bits per heavy atom. The number of carboxylic acids is 1. The summed E-state index contributed by atoms with van der Waals surface area (Å²) in [5, 5.41) is 24.1. The summed E-state index contributed by atoms with van der Waals surface area (Å²) in [4.78, 5) is 125. The number of amides is 5. The number of methoxy groups -OCH3 is 3. The quantitative estimate of drug-likeness (QED) is 0.0321. The molecule has 0 unspecified atom stereocenters. The molecule has 142 heavy (non-hydrogen) atoms. The molecular formula is C108H117Br2Cl4N17O11. The molecule has 5 amide bonds. The third-order valence-electron chi connectivity index (χ3n) is 25.7. The summed E-state index contributed by atoms with van der Waals surface area (Å²) in [6.07, 6.45) is 3.24. The number of likely N-dealkylation sites (N-methyl/N-ethyl adjacent to an activating group) is 3. The predicted octanol–water partition coefficient (Wildman–Crippen LogP) is 17.0. The van der Waals surface area contributed by atoms with Crippen LogP contribution in [0.25, 0.3) is 43.6 Å². The highest BCUT2D eigenvalue weighted by atomic mass is 79.9. The van der Waals surface area contributed by atoms with Crippen molar-refractivity contribution in [2.45, 2.75) is 65.0 Å². The molecule has 0 spiro atoms. The summed E-state index contributed by atoms with van der Waals surface area (Å²) >= 11 is 28.2. The molecule has 7 aliphatic heterocycles. The van der Waals surface area contributed by atoms with Gasteiger partial charge in [0, 0.05) is 251 Å². The fourth-order valence-corrected chi connectivity index (χ4v) is 18.9. The Bertz CT molecular complexity index is 6660. The van der Waals surface area contributed by atoms with Crippen molar-refractivity contribution in [1.29, 1.82) is 0 Å². The number of benzene rings is 9. The van der Waals surface area contributed by atoms with Gasteiger partial charge in [-0.1, -0.05) is 200 Å². The summed E-state index contributed by atoms with van der Waals surface area (Å²) in [5.74, 6) is 0.987. The Morgan fingerprint density at radius 2 is 0.718 bits per heavy atom. The molecule has 11 heterocycles. The molecule has 4 aromatic heterocycles. The normalized spacial score (nSPS) is 15.4. The molecule has 7 aliphatic rings. The van der Waals surface area contributed by atoms with Crippen LogP contribution in [0.1, 0.15) is 97.6 Å². The lowest BCUT2D eigenvalue weighted by molar-refractivity contribution is -0.117. The van der Waals surface area contributed by atoms with Crippen LogP contribution < -0.4 is 35.9 Å². The number of nitrogens with one attached hydrogen (secondary N) is 3. The zero-order chi connectivity index (χ0) is 100. The second kappa shape index (κ2) is 51.4. The van der Waals surface area contributed by atoms with Crippen LogP contribution in [0.2, 0.25) is 15.1 Å². The number of nitrogens with zero attached hydrogens (tertiary/aromatic N) is 13. The first-order chi connectivity index (χ1) is 68.7. The number of aromatic nitrogens is 4. The minimum atomic E-state index is -0.869. The average Bonchev–Trinajstić information content (AvgIpc) is 0.763. The minimum Gasteiger partial charge on any atom is -0.495 e. The van der Waals surface area contributed by atoms with Crippen LogP contribution in [0.3, 0.4) is 0 Å². The number of carbonyl (C=O) groups is 7. The van der Waals surface area contributed by atoms with E-state index >= 15 is 0 Å². The lowest BCUT2D eigenvalue weighted by Gasteiger charge is -2.35. The van der Waals surface area contributed by atoms with Gasteiger partial charge in [-0.05, 0) is 123 Å². The Hall–Kier alpha value is -11.9. The first-order valence-electron chi connectivity index (χ1n) is 47.2. The number of hydrogen-bond acceptors (Lipinski definition) is 22. The van der Waals surface area contributed by atoms with Gasteiger partial charge in [-0.25, -0.2) is 4.79 Å². The van der Waals surface area contributed by atoms with Crippen molar-refractivity contribution >= 4 is 180 Å². The lowest BCUT2D eigenvalue weighted by atomic mass is 9.94. The first kappa shape index (κ1) is 106. The van der Waals surface area contributed by atoms with Gasteiger partial charge in [0.15, 0.2) is 0 Å². The molecule has 20 rings (SSSR count). The SMILES string of the molecule is CN1CCN(C(=O)c2c3c(nc4ccccc24)CCN(Cc2ccccc2)C3)CC1.CN1CCN(C(=O)c2c3c(nc4ccccc24)CCNC3)CC1.COc1ccc(Cl)cc1N.COc1ccc(Cl)cc1NC(=O)CBr.COc1ccc(Cl)cc1NC(=O)CN1CCc2nc3ccccc3c(C(=O)N3CCN(C)CC3)c2C1.O=C(Cl)CBr.O=C(O)c1c2c(nc3ccccc13)CCN(Cc1ccccc1)C2. The molecule has 0 atom stereocenters. The van der Waals surface area contributed by atoms with Crippen LogP contribution in [0.5, 0.6) is 17.2 Å². The van der Waals surface area contributed by atoms with Crippen molar-refractivity contribution in [2.24, 2.45) is 0 Å². The van der Waals surface area contributed by atoms with E-state index in [4.69, 9.17) is 86.3 Å². The number of piperazine rings is 3. The Kier molecular flexibility index (Phi) is 38.3. The van der Waals surface area contributed by atoms with Crippen molar-refractivity contribution in [3.05, 3.63) is 306 Å². The number of hydrogen-bond donors (Lipinski definition) is 5. The second-order valence-electron chi connectivity index (χ2n) is 35.4. The molecular weight excluding hydrogens is 2010 g/mol. The zero-order valence-electron chi connectivity index (χ0n) is 80.4.